The van der Waals surface area contributed by atoms with Crippen molar-refractivity contribution in [2.24, 2.45) is 0 Å². The summed E-state index contributed by atoms with van der Waals surface area (Å²) >= 11 is 0. The van der Waals surface area contributed by atoms with Crippen molar-refractivity contribution < 1.29 is 12.8 Å². The van der Waals surface area contributed by atoms with Crippen LogP contribution in [-0.4, -0.2) is 19.8 Å². The highest BCUT2D eigenvalue weighted by molar-refractivity contribution is 7.92. The molecule has 106 valence electrons. The molecule has 0 fully saturated rings. The fraction of sp³-hybridized carbons (Fsp3) is 0.200. The van der Waals surface area contributed by atoms with Crippen molar-refractivity contribution in [1.82, 2.24) is 4.31 Å². The van der Waals surface area contributed by atoms with E-state index in [2.05, 4.69) is 0 Å². The van der Waals surface area contributed by atoms with Crippen LogP contribution in [0.25, 0.3) is 6.08 Å². The lowest BCUT2D eigenvalue weighted by Crippen LogP contribution is -2.24. The smallest absolute Gasteiger partial charge is 0.236 e. The van der Waals surface area contributed by atoms with Gasteiger partial charge in [-0.15, -0.1) is 0 Å². The zero-order valence-corrected chi connectivity index (χ0v) is 12.3. The van der Waals surface area contributed by atoms with Crippen molar-refractivity contribution in [2.45, 2.75) is 13.5 Å². The molecular formula is C15H17NO3S. The van der Waals surface area contributed by atoms with Gasteiger partial charge < -0.3 is 4.42 Å². The quantitative estimate of drug-likeness (QED) is 0.851. The number of benzene rings is 1. The molecule has 1 heterocycles. The van der Waals surface area contributed by atoms with E-state index in [1.54, 1.807) is 12.1 Å². The Hall–Kier alpha value is -1.85. The largest absolute Gasteiger partial charge is 0.465 e. The summed E-state index contributed by atoms with van der Waals surface area (Å²) < 4.78 is 30.9. The second-order valence-corrected chi connectivity index (χ2v) is 6.45. The minimum absolute atomic E-state index is 0.218. The topological polar surface area (TPSA) is 50.5 Å². The van der Waals surface area contributed by atoms with Crippen LogP contribution in [0.2, 0.25) is 0 Å². The van der Waals surface area contributed by atoms with Crippen molar-refractivity contribution in [3.63, 3.8) is 0 Å². The maximum atomic E-state index is 12.1. The first-order chi connectivity index (χ1) is 9.47. The fourth-order valence-electron chi connectivity index (χ4n) is 1.71. The molecule has 0 N–H and O–H groups in total. The summed E-state index contributed by atoms with van der Waals surface area (Å²) in [4.78, 5) is 0. The zero-order chi connectivity index (χ0) is 14.6. The van der Waals surface area contributed by atoms with Crippen LogP contribution >= 0.6 is 0 Å². The number of aryl methyl sites for hydroxylation is 1. The second-order valence-electron chi connectivity index (χ2n) is 4.53. The average molecular weight is 291 g/mol. The molecule has 5 heteroatoms. The van der Waals surface area contributed by atoms with Crippen LogP contribution in [0.4, 0.5) is 0 Å². The molecule has 2 aromatic rings. The maximum Gasteiger partial charge on any atom is 0.236 e. The number of hydrogen-bond acceptors (Lipinski definition) is 3. The molecule has 0 radical (unpaired) electrons. The maximum absolute atomic E-state index is 12.1. The summed E-state index contributed by atoms with van der Waals surface area (Å²) in [6.45, 7) is 2.04. The Balaban J connectivity index is 2.08. The van der Waals surface area contributed by atoms with Crippen LogP contribution in [0.15, 0.2) is 52.3 Å². The summed E-state index contributed by atoms with van der Waals surface area (Å²) in [5.74, 6) is 1.40. The molecule has 20 heavy (non-hydrogen) atoms. The lowest BCUT2D eigenvalue weighted by Gasteiger charge is -2.12. The van der Waals surface area contributed by atoms with Crippen LogP contribution in [0.1, 0.15) is 17.1 Å². The predicted octanol–water partition coefficient (Wildman–Crippen LogP) is 3.02. The molecule has 0 atom stereocenters. The first kappa shape index (κ1) is 14.6. The van der Waals surface area contributed by atoms with Crippen molar-refractivity contribution in [2.75, 3.05) is 7.05 Å². The van der Waals surface area contributed by atoms with Gasteiger partial charge in [0.05, 0.1) is 6.54 Å². The van der Waals surface area contributed by atoms with Gasteiger partial charge in [0.25, 0.3) is 0 Å². The molecule has 0 aliphatic carbocycles. The molecule has 0 spiro atoms. The van der Waals surface area contributed by atoms with Gasteiger partial charge in [0.1, 0.15) is 11.5 Å². The molecule has 1 aromatic carbocycles. The third-order valence-corrected chi connectivity index (χ3v) is 4.32. The summed E-state index contributed by atoms with van der Waals surface area (Å²) in [5, 5.41) is 1.21. The Kier molecular flexibility index (Phi) is 4.42. The van der Waals surface area contributed by atoms with Gasteiger partial charge in [-0.1, -0.05) is 30.3 Å². The number of sulfonamides is 1. The third-order valence-electron chi connectivity index (χ3n) is 2.84. The highest BCUT2D eigenvalue weighted by Gasteiger charge is 2.15. The van der Waals surface area contributed by atoms with E-state index in [4.69, 9.17) is 4.42 Å². The average Bonchev–Trinajstić information content (AvgIpc) is 2.83. The van der Waals surface area contributed by atoms with Crippen LogP contribution in [0.3, 0.4) is 0 Å². The molecule has 2 rings (SSSR count). The Morgan fingerprint density at radius 2 is 1.85 bits per heavy atom. The Labute approximate surface area is 119 Å². The molecule has 0 saturated heterocycles. The highest BCUT2D eigenvalue weighted by Crippen LogP contribution is 2.13. The number of rotatable bonds is 5. The summed E-state index contributed by atoms with van der Waals surface area (Å²) in [7, 11) is -1.92. The van der Waals surface area contributed by atoms with E-state index in [1.807, 2.05) is 43.3 Å². The molecule has 0 amide bonds. The molecule has 0 unspecified atom stereocenters. The van der Waals surface area contributed by atoms with Gasteiger partial charge in [-0.2, -0.15) is 4.31 Å². The van der Waals surface area contributed by atoms with E-state index in [1.165, 1.54) is 16.8 Å². The number of hydrogen-bond donors (Lipinski definition) is 0. The van der Waals surface area contributed by atoms with E-state index in [-0.39, 0.29) is 6.54 Å². The second kappa shape index (κ2) is 6.07. The molecule has 0 aliphatic rings. The van der Waals surface area contributed by atoms with E-state index in [0.717, 1.165) is 11.3 Å². The van der Waals surface area contributed by atoms with Crippen molar-refractivity contribution in [1.29, 1.82) is 0 Å². The van der Waals surface area contributed by atoms with Gasteiger partial charge in [-0.25, -0.2) is 8.42 Å². The van der Waals surface area contributed by atoms with E-state index >= 15 is 0 Å². The molecule has 0 saturated carbocycles. The Morgan fingerprint density at radius 3 is 2.45 bits per heavy atom. The third kappa shape index (κ3) is 3.82. The Bertz CT molecular complexity index is 687. The number of nitrogens with zero attached hydrogens (tertiary/aromatic N) is 1. The van der Waals surface area contributed by atoms with Crippen molar-refractivity contribution in [3.8, 4) is 0 Å². The summed E-state index contributed by atoms with van der Waals surface area (Å²) in [6.07, 6.45) is 1.58. The summed E-state index contributed by atoms with van der Waals surface area (Å²) in [5.41, 5.74) is 0.846. The highest BCUT2D eigenvalue weighted by atomic mass is 32.2. The molecular weight excluding hydrogens is 274 g/mol. The van der Waals surface area contributed by atoms with Crippen molar-refractivity contribution in [3.05, 3.63) is 65.0 Å². The standard InChI is InChI=1S/C15H17NO3S/c1-13-8-9-15(19-13)12-16(2)20(17,18)11-10-14-6-4-3-5-7-14/h3-11H,12H2,1-2H3/b11-10+. The minimum Gasteiger partial charge on any atom is -0.465 e. The Morgan fingerprint density at radius 1 is 1.15 bits per heavy atom. The van der Waals surface area contributed by atoms with E-state index in [9.17, 15) is 8.42 Å². The van der Waals surface area contributed by atoms with Gasteiger partial charge in [0, 0.05) is 12.5 Å². The van der Waals surface area contributed by atoms with E-state index in [0.29, 0.717) is 5.76 Å². The SMILES string of the molecule is Cc1ccc(CN(C)S(=O)(=O)/C=C/c2ccccc2)o1. The van der Waals surface area contributed by atoms with Gasteiger partial charge in [0.2, 0.25) is 10.0 Å². The predicted molar refractivity (Wildman–Crippen MR) is 79.3 cm³/mol. The van der Waals surface area contributed by atoms with Crippen LogP contribution < -0.4 is 0 Å². The van der Waals surface area contributed by atoms with Crippen molar-refractivity contribution >= 4 is 16.1 Å². The van der Waals surface area contributed by atoms with Crippen LogP contribution in [0, 0.1) is 6.92 Å². The lowest BCUT2D eigenvalue weighted by atomic mass is 10.2. The molecule has 4 nitrogen and oxygen atoms in total. The minimum atomic E-state index is -3.45. The first-order valence-electron chi connectivity index (χ1n) is 6.22. The monoisotopic (exact) mass is 291 g/mol. The fourth-order valence-corrected chi connectivity index (χ4v) is 2.56. The first-order valence-corrected chi connectivity index (χ1v) is 7.72. The van der Waals surface area contributed by atoms with Crippen LogP contribution in [0.5, 0.6) is 0 Å². The zero-order valence-electron chi connectivity index (χ0n) is 11.5. The van der Waals surface area contributed by atoms with Gasteiger partial charge in [-0.3, -0.25) is 0 Å². The van der Waals surface area contributed by atoms with Gasteiger partial charge in [0.15, 0.2) is 0 Å². The van der Waals surface area contributed by atoms with Gasteiger partial charge in [-0.05, 0) is 30.7 Å². The van der Waals surface area contributed by atoms with E-state index < -0.39 is 10.0 Å². The normalized spacial score (nSPS) is 12.3. The van der Waals surface area contributed by atoms with Gasteiger partial charge >= 0.3 is 0 Å². The number of furan rings is 1. The summed E-state index contributed by atoms with van der Waals surface area (Å²) in [6, 6.07) is 12.9. The molecule has 0 aliphatic heterocycles. The lowest BCUT2D eigenvalue weighted by molar-refractivity contribution is 0.401. The van der Waals surface area contributed by atoms with Crippen LogP contribution in [-0.2, 0) is 16.6 Å². The molecule has 0 bridgehead atoms. The molecule has 1 aromatic heterocycles.